The molecule has 0 bridgehead atoms. The summed E-state index contributed by atoms with van der Waals surface area (Å²) in [4.78, 5) is 11.3. The molecule has 0 saturated heterocycles. The van der Waals surface area contributed by atoms with Gasteiger partial charge in [-0.15, -0.1) is 0 Å². The number of carboxylic acids is 1. The third-order valence-corrected chi connectivity index (χ3v) is 8.31. The van der Waals surface area contributed by atoms with E-state index in [1.165, 1.54) is 25.1 Å². The van der Waals surface area contributed by atoms with Gasteiger partial charge in [0.15, 0.2) is 0 Å². The van der Waals surface area contributed by atoms with Gasteiger partial charge < -0.3 is 14.4 Å². The zero-order valence-electron chi connectivity index (χ0n) is 21.6. The highest BCUT2D eigenvalue weighted by atomic mass is 35.5. The van der Waals surface area contributed by atoms with Crippen LogP contribution in [0.5, 0.6) is 5.75 Å². The van der Waals surface area contributed by atoms with Crippen LogP contribution in [0.1, 0.15) is 52.6 Å². The van der Waals surface area contributed by atoms with Crippen molar-refractivity contribution in [1.29, 1.82) is 0 Å². The van der Waals surface area contributed by atoms with E-state index in [1.54, 1.807) is 43.3 Å². The van der Waals surface area contributed by atoms with Crippen molar-refractivity contribution in [2.45, 2.75) is 45.1 Å². The topological polar surface area (TPSA) is 119 Å². The third-order valence-electron chi connectivity index (χ3n) is 6.17. The number of anilines is 1. The highest BCUT2D eigenvalue weighted by Crippen LogP contribution is 2.39. The molecule has 0 unspecified atom stereocenters. The Kier molecular flexibility index (Phi) is 8.25. The quantitative estimate of drug-likeness (QED) is 0.208. The van der Waals surface area contributed by atoms with Gasteiger partial charge in [0.2, 0.25) is 0 Å². The highest BCUT2D eigenvalue weighted by molar-refractivity contribution is 7.92. The molecule has 4 aromatic rings. The lowest BCUT2D eigenvalue weighted by atomic mass is 10.0. The summed E-state index contributed by atoms with van der Waals surface area (Å²) in [5.41, 5.74) is 2.76. The fraction of sp³-hybridized carbons (Fsp3) is 0.214. The second-order valence-electron chi connectivity index (χ2n) is 9.23. The van der Waals surface area contributed by atoms with Crippen LogP contribution in [0.15, 0.2) is 64.0 Å². The predicted octanol–water partition coefficient (Wildman–Crippen LogP) is 7.47. The minimum absolute atomic E-state index is 0.0210. The smallest absolute Gasteiger partial charge is 0.335 e. The van der Waals surface area contributed by atoms with E-state index >= 15 is 0 Å². The van der Waals surface area contributed by atoms with Crippen LogP contribution in [0.4, 0.5) is 5.69 Å². The number of aryl methyl sites for hydroxylation is 1. The number of ether oxygens (including phenoxy) is 1. The van der Waals surface area contributed by atoms with E-state index < -0.39 is 16.0 Å². The van der Waals surface area contributed by atoms with Gasteiger partial charge in [-0.3, -0.25) is 4.72 Å². The Hall–Kier alpha value is -3.53. The van der Waals surface area contributed by atoms with Crippen LogP contribution in [0.3, 0.4) is 0 Å². The zero-order chi connectivity index (χ0) is 28.5. The Balaban J connectivity index is 1.59. The predicted molar refractivity (Wildman–Crippen MR) is 151 cm³/mol. The lowest BCUT2D eigenvalue weighted by Gasteiger charge is -2.15. The number of carboxylic acid groups (broad SMARTS) is 1. The van der Waals surface area contributed by atoms with Crippen molar-refractivity contribution in [2.75, 3.05) is 4.72 Å². The van der Waals surface area contributed by atoms with Gasteiger partial charge in [-0.1, -0.05) is 54.3 Å². The number of aromatic carboxylic acids is 1. The molecule has 0 radical (unpaired) electrons. The van der Waals surface area contributed by atoms with E-state index in [4.69, 9.17) is 32.5 Å². The number of carbonyl (C=O) groups is 1. The fourth-order valence-electron chi connectivity index (χ4n) is 4.17. The molecular formula is C28H26Cl2N2O6S. The molecule has 1 heterocycles. The first-order chi connectivity index (χ1) is 18.4. The minimum atomic E-state index is -4.04. The van der Waals surface area contributed by atoms with Crippen LogP contribution in [0.2, 0.25) is 10.0 Å². The van der Waals surface area contributed by atoms with Gasteiger partial charge in [0.05, 0.1) is 31.8 Å². The summed E-state index contributed by atoms with van der Waals surface area (Å²) in [6, 6.07) is 14.2. The fourth-order valence-corrected chi connectivity index (χ4v) is 6.14. The molecule has 1 aromatic heterocycles. The highest BCUT2D eigenvalue weighted by Gasteiger charge is 2.24. The average Bonchev–Trinajstić information content (AvgIpc) is 3.27. The van der Waals surface area contributed by atoms with Gasteiger partial charge >= 0.3 is 5.97 Å². The second kappa shape index (κ2) is 11.3. The number of halogens is 2. The van der Waals surface area contributed by atoms with E-state index in [-0.39, 0.29) is 28.5 Å². The molecule has 0 fully saturated rings. The van der Waals surface area contributed by atoms with Crippen LogP contribution in [0, 0.1) is 13.8 Å². The summed E-state index contributed by atoms with van der Waals surface area (Å²) in [6.45, 7) is 7.25. The van der Waals surface area contributed by atoms with Crippen molar-refractivity contribution in [1.82, 2.24) is 5.16 Å². The number of aromatic nitrogens is 1. The Morgan fingerprint density at radius 3 is 2.36 bits per heavy atom. The summed E-state index contributed by atoms with van der Waals surface area (Å²) in [7, 11) is -4.04. The first kappa shape index (κ1) is 28.5. The molecule has 4 rings (SSSR count). The van der Waals surface area contributed by atoms with Gasteiger partial charge in [0, 0.05) is 11.5 Å². The SMILES string of the molecule is Cc1cc(OCc2c(-c3c(Cl)cccc3Cl)noc2C(C)C)ccc1NS(=O)(=O)c1cccc(C(=O)O)c1C. The summed E-state index contributed by atoms with van der Waals surface area (Å²) >= 11 is 12.8. The molecular weight excluding hydrogens is 563 g/mol. The number of nitrogens with zero attached hydrogens (tertiary/aromatic N) is 1. The largest absolute Gasteiger partial charge is 0.489 e. The van der Waals surface area contributed by atoms with Crippen molar-refractivity contribution in [3.63, 3.8) is 0 Å². The lowest BCUT2D eigenvalue weighted by Crippen LogP contribution is -2.16. The van der Waals surface area contributed by atoms with Crippen LogP contribution >= 0.6 is 23.2 Å². The number of sulfonamides is 1. The first-order valence-corrected chi connectivity index (χ1v) is 14.2. The summed E-state index contributed by atoms with van der Waals surface area (Å²) in [5, 5.41) is 14.4. The molecule has 3 aromatic carbocycles. The number of hydrogen-bond donors (Lipinski definition) is 2. The van der Waals surface area contributed by atoms with Crippen molar-refractivity contribution in [2.24, 2.45) is 0 Å². The second-order valence-corrected chi connectivity index (χ2v) is 11.7. The van der Waals surface area contributed by atoms with Crippen LogP contribution in [-0.4, -0.2) is 24.7 Å². The molecule has 0 atom stereocenters. The standard InChI is InChI=1S/C28H26Cl2N2O6S/c1-15(2)27-20(26(31-38-27)25-21(29)8-6-9-22(25)30)14-37-18-11-12-23(16(3)13-18)32-39(35,36)24-10-5-7-19(17(24)4)28(33)34/h5-13,15,32H,14H2,1-4H3,(H,33,34). The molecule has 39 heavy (non-hydrogen) atoms. The average molecular weight is 589 g/mol. The molecule has 2 N–H and O–H groups in total. The van der Waals surface area contributed by atoms with Crippen molar-refractivity contribution in [3.05, 3.63) is 92.7 Å². The molecule has 0 spiro atoms. The third kappa shape index (κ3) is 5.90. The zero-order valence-corrected chi connectivity index (χ0v) is 23.9. The van der Waals surface area contributed by atoms with E-state index in [9.17, 15) is 18.3 Å². The first-order valence-electron chi connectivity index (χ1n) is 11.9. The molecule has 204 valence electrons. The monoisotopic (exact) mass is 588 g/mol. The number of rotatable bonds is 9. The van der Waals surface area contributed by atoms with E-state index in [1.807, 2.05) is 13.8 Å². The maximum atomic E-state index is 13.1. The molecule has 11 heteroatoms. The molecule has 0 saturated carbocycles. The van der Waals surface area contributed by atoms with Crippen molar-refractivity contribution < 1.29 is 27.6 Å². The summed E-state index contributed by atoms with van der Waals surface area (Å²) in [5.74, 6) is -0.0453. The molecule has 8 nitrogen and oxygen atoms in total. The van der Waals surface area contributed by atoms with Gasteiger partial charge in [0.25, 0.3) is 10.0 Å². The van der Waals surface area contributed by atoms with E-state index in [0.29, 0.717) is 49.6 Å². The maximum Gasteiger partial charge on any atom is 0.335 e. The Morgan fingerprint density at radius 2 is 1.74 bits per heavy atom. The number of hydrogen-bond acceptors (Lipinski definition) is 6. The van der Waals surface area contributed by atoms with Gasteiger partial charge in [0.1, 0.15) is 23.8 Å². The molecule has 0 aliphatic rings. The van der Waals surface area contributed by atoms with Crippen LogP contribution in [0.25, 0.3) is 11.3 Å². The molecule has 0 amide bonds. The normalized spacial score (nSPS) is 11.6. The van der Waals surface area contributed by atoms with Gasteiger partial charge in [-0.05, 0) is 67.4 Å². The van der Waals surface area contributed by atoms with E-state index in [0.717, 1.165) is 0 Å². The number of benzene rings is 3. The van der Waals surface area contributed by atoms with Gasteiger partial charge in [-0.25, -0.2) is 13.2 Å². The Bertz CT molecular complexity index is 1640. The Morgan fingerprint density at radius 1 is 1.08 bits per heavy atom. The number of nitrogens with one attached hydrogen (secondary N) is 1. The van der Waals surface area contributed by atoms with Gasteiger partial charge in [-0.2, -0.15) is 0 Å². The molecule has 0 aliphatic carbocycles. The maximum absolute atomic E-state index is 13.1. The van der Waals surface area contributed by atoms with Crippen LogP contribution in [-0.2, 0) is 16.6 Å². The Labute approximate surface area is 236 Å². The summed E-state index contributed by atoms with van der Waals surface area (Å²) < 4.78 is 40.4. The van der Waals surface area contributed by atoms with Crippen molar-refractivity contribution >= 4 is 44.9 Å². The summed E-state index contributed by atoms with van der Waals surface area (Å²) in [6.07, 6.45) is 0. The lowest BCUT2D eigenvalue weighted by molar-refractivity contribution is 0.0695. The minimum Gasteiger partial charge on any atom is -0.489 e. The van der Waals surface area contributed by atoms with Crippen molar-refractivity contribution in [3.8, 4) is 17.0 Å². The van der Waals surface area contributed by atoms with E-state index in [2.05, 4.69) is 9.88 Å². The van der Waals surface area contributed by atoms with Crippen LogP contribution < -0.4 is 9.46 Å². The molecule has 0 aliphatic heterocycles.